The quantitative estimate of drug-likeness (QED) is 0.908. The molecule has 0 aliphatic carbocycles. The van der Waals surface area contributed by atoms with E-state index in [9.17, 15) is 13.2 Å². The summed E-state index contributed by atoms with van der Waals surface area (Å²) >= 11 is 0. The zero-order valence-electron chi connectivity index (χ0n) is 12.2. The Morgan fingerprint density at radius 3 is 2.71 bits per heavy atom. The van der Waals surface area contributed by atoms with Gasteiger partial charge in [-0.15, -0.1) is 0 Å². The van der Waals surface area contributed by atoms with Crippen LogP contribution in [-0.4, -0.2) is 39.4 Å². The van der Waals surface area contributed by atoms with Crippen LogP contribution in [0.25, 0.3) is 0 Å². The fourth-order valence-electron chi connectivity index (χ4n) is 2.59. The van der Waals surface area contributed by atoms with Gasteiger partial charge in [-0.2, -0.15) is 0 Å². The first kappa shape index (κ1) is 15.8. The number of sulfonamides is 1. The lowest BCUT2D eigenvalue weighted by atomic mass is 9.99. The predicted molar refractivity (Wildman–Crippen MR) is 78.7 cm³/mol. The van der Waals surface area contributed by atoms with E-state index in [0.717, 1.165) is 12.8 Å². The molecule has 1 aliphatic rings. The molecule has 6 nitrogen and oxygen atoms in total. The Balaban J connectivity index is 2.34. The summed E-state index contributed by atoms with van der Waals surface area (Å²) in [6.07, 6.45) is 2.07. The first-order valence-electron chi connectivity index (χ1n) is 6.83. The number of benzene rings is 1. The second-order valence-electron chi connectivity index (χ2n) is 5.41. The van der Waals surface area contributed by atoms with E-state index in [1.165, 1.54) is 19.2 Å². The van der Waals surface area contributed by atoms with Crippen molar-refractivity contribution >= 4 is 15.9 Å². The summed E-state index contributed by atoms with van der Waals surface area (Å²) in [5, 5.41) is 5.17. The summed E-state index contributed by atoms with van der Waals surface area (Å²) in [5.41, 5.74) is 0.314. The third-order valence-corrected chi connectivity index (χ3v) is 4.59. The third kappa shape index (κ3) is 3.54. The third-order valence-electron chi connectivity index (χ3n) is 3.66. The van der Waals surface area contributed by atoms with Gasteiger partial charge in [0, 0.05) is 18.7 Å². The van der Waals surface area contributed by atoms with Crippen molar-refractivity contribution < 1.29 is 17.9 Å². The van der Waals surface area contributed by atoms with Crippen molar-refractivity contribution in [3.8, 4) is 5.75 Å². The molecule has 1 heterocycles. The van der Waals surface area contributed by atoms with Crippen LogP contribution < -0.4 is 9.88 Å². The highest BCUT2D eigenvalue weighted by Crippen LogP contribution is 2.25. The first-order valence-corrected chi connectivity index (χ1v) is 8.37. The summed E-state index contributed by atoms with van der Waals surface area (Å²) in [6, 6.07) is 4.31. The standard InChI is InChI=1S/C14H20N2O4S/c1-10-4-3-7-16(9-10)14(17)11-5-6-12(20-2)13(8-11)21(15,18)19/h5-6,8,10H,3-4,7,9H2,1-2H3,(H2,15,18,19). The molecule has 7 heteroatoms. The minimum Gasteiger partial charge on any atom is -0.495 e. The number of ether oxygens (including phenoxy) is 1. The van der Waals surface area contributed by atoms with Gasteiger partial charge in [0.05, 0.1) is 7.11 Å². The van der Waals surface area contributed by atoms with E-state index >= 15 is 0 Å². The molecule has 0 aromatic heterocycles. The first-order chi connectivity index (χ1) is 9.82. The Kier molecular flexibility index (Phi) is 4.53. The minimum absolute atomic E-state index is 0.140. The molecular weight excluding hydrogens is 292 g/mol. The van der Waals surface area contributed by atoms with Gasteiger partial charge >= 0.3 is 0 Å². The van der Waals surface area contributed by atoms with Gasteiger partial charge in [0.25, 0.3) is 5.91 Å². The van der Waals surface area contributed by atoms with Crippen molar-refractivity contribution in [2.24, 2.45) is 11.1 Å². The lowest BCUT2D eigenvalue weighted by Crippen LogP contribution is -2.39. The van der Waals surface area contributed by atoms with E-state index in [1.54, 1.807) is 11.0 Å². The van der Waals surface area contributed by atoms with Crippen LogP contribution in [0, 0.1) is 5.92 Å². The lowest BCUT2D eigenvalue weighted by molar-refractivity contribution is 0.0682. The van der Waals surface area contributed by atoms with Gasteiger partial charge in [-0.3, -0.25) is 4.79 Å². The molecule has 1 fully saturated rings. The maximum atomic E-state index is 12.5. The Morgan fingerprint density at radius 1 is 1.43 bits per heavy atom. The SMILES string of the molecule is COc1ccc(C(=O)N2CCCC(C)C2)cc1S(N)(=O)=O. The molecule has 116 valence electrons. The van der Waals surface area contributed by atoms with E-state index in [4.69, 9.17) is 9.88 Å². The summed E-state index contributed by atoms with van der Waals surface area (Å²) in [7, 11) is -2.58. The number of nitrogens with two attached hydrogens (primary N) is 1. The monoisotopic (exact) mass is 312 g/mol. The molecular formula is C14H20N2O4S. The Morgan fingerprint density at radius 2 is 2.14 bits per heavy atom. The highest BCUT2D eigenvalue weighted by atomic mass is 32.2. The van der Waals surface area contributed by atoms with Crippen molar-refractivity contribution in [1.29, 1.82) is 0 Å². The fraction of sp³-hybridized carbons (Fsp3) is 0.500. The second-order valence-corrected chi connectivity index (χ2v) is 6.94. The topological polar surface area (TPSA) is 89.7 Å². The molecule has 1 aliphatic heterocycles. The zero-order chi connectivity index (χ0) is 15.6. The van der Waals surface area contributed by atoms with Crippen molar-refractivity contribution in [3.63, 3.8) is 0 Å². The van der Waals surface area contributed by atoms with Gasteiger partial charge < -0.3 is 9.64 Å². The molecule has 0 saturated carbocycles. The molecule has 0 spiro atoms. The van der Waals surface area contributed by atoms with E-state index in [1.807, 2.05) is 0 Å². The molecule has 1 unspecified atom stereocenters. The normalized spacial score (nSPS) is 19.4. The summed E-state index contributed by atoms with van der Waals surface area (Å²) < 4.78 is 28.2. The molecule has 2 rings (SSSR count). The number of carbonyl (C=O) groups is 1. The Hall–Kier alpha value is -1.60. The maximum absolute atomic E-state index is 12.5. The average Bonchev–Trinajstić information content (AvgIpc) is 2.45. The van der Waals surface area contributed by atoms with Gasteiger partial charge in [-0.1, -0.05) is 6.92 Å². The Labute approximate surface area is 124 Å². The number of likely N-dealkylation sites (tertiary alicyclic amines) is 1. The van der Waals surface area contributed by atoms with Crippen LogP contribution in [-0.2, 0) is 10.0 Å². The molecule has 1 saturated heterocycles. The lowest BCUT2D eigenvalue weighted by Gasteiger charge is -2.31. The van der Waals surface area contributed by atoms with Crippen LogP contribution in [0.15, 0.2) is 23.1 Å². The smallest absolute Gasteiger partial charge is 0.253 e. The number of piperidine rings is 1. The van der Waals surface area contributed by atoms with Crippen molar-refractivity contribution in [2.45, 2.75) is 24.7 Å². The number of methoxy groups -OCH3 is 1. The van der Waals surface area contributed by atoms with Crippen LogP contribution in [0.2, 0.25) is 0 Å². The zero-order valence-corrected chi connectivity index (χ0v) is 13.0. The molecule has 2 N–H and O–H groups in total. The van der Waals surface area contributed by atoms with Crippen molar-refractivity contribution in [3.05, 3.63) is 23.8 Å². The van der Waals surface area contributed by atoms with Crippen LogP contribution >= 0.6 is 0 Å². The summed E-state index contributed by atoms with van der Waals surface area (Å²) in [5.74, 6) is 0.425. The molecule has 21 heavy (non-hydrogen) atoms. The Bertz CT molecular complexity index is 642. The number of nitrogens with zero attached hydrogens (tertiary/aromatic N) is 1. The van der Waals surface area contributed by atoms with Gasteiger partial charge in [0.2, 0.25) is 10.0 Å². The molecule has 0 bridgehead atoms. The largest absolute Gasteiger partial charge is 0.495 e. The van der Waals surface area contributed by atoms with Crippen molar-refractivity contribution in [2.75, 3.05) is 20.2 Å². The van der Waals surface area contributed by atoms with Crippen LogP contribution in [0.5, 0.6) is 5.75 Å². The number of hydrogen-bond acceptors (Lipinski definition) is 4. The van der Waals surface area contributed by atoms with E-state index < -0.39 is 10.0 Å². The molecule has 1 atom stereocenters. The molecule has 0 radical (unpaired) electrons. The highest BCUT2D eigenvalue weighted by molar-refractivity contribution is 7.89. The van der Waals surface area contributed by atoms with Crippen LogP contribution in [0.1, 0.15) is 30.1 Å². The number of carbonyl (C=O) groups excluding carboxylic acids is 1. The van der Waals surface area contributed by atoms with E-state index in [0.29, 0.717) is 24.6 Å². The van der Waals surface area contributed by atoms with Crippen molar-refractivity contribution in [1.82, 2.24) is 4.90 Å². The summed E-state index contributed by atoms with van der Waals surface area (Å²) in [4.78, 5) is 14.1. The molecule has 1 amide bonds. The van der Waals surface area contributed by atoms with Crippen LogP contribution in [0.4, 0.5) is 0 Å². The van der Waals surface area contributed by atoms with Gasteiger partial charge in [0.15, 0.2) is 0 Å². The minimum atomic E-state index is -3.94. The van der Waals surface area contributed by atoms with Gasteiger partial charge in [0.1, 0.15) is 10.6 Å². The maximum Gasteiger partial charge on any atom is 0.253 e. The van der Waals surface area contributed by atoms with Gasteiger partial charge in [-0.05, 0) is 37.0 Å². The van der Waals surface area contributed by atoms with E-state index in [-0.39, 0.29) is 16.6 Å². The number of primary sulfonamides is 1. The molecule has 1 aromatic rings. The highest BCUT2D eigenvalue weighted by Gasteiger charge is 2.24. The molecule has 1 aromatic carbocycles. The second kappa shape index (κ2) is 6.03. The number of rotatable bonds is 3. The fourth-order valence-corrected chi connectivity index (χ4v) is 3.31. The van der Waals surface area contributed by atoms with Crippen LogP contribution in [0.3, 0.4) is 0 Å². The predicted octanol–water partition coefficient (Wildman–Crippen LogP) is 1.21. The van der Waals surface area contributed by atoms with Gasteiger partial charge in [-0.25, -0.2) is 13.6 Å². The average molecular weight is 312 g/mol. The van der Waals surface area contributed by atoms with E-state index in [2.05, 4.69) is 6.92 Å². The number of amides is 1. The number of hydrogen-bond donors (Lipinski definition) is 1. The summed E-state index contributed by atoms with van der Waals surface area (Å²) in [6.45, 7) is 3.48.